The molecule has 2 aromatic rings. The lowest BCUT2D eigenvalue weighted by atomic mass is 10.1. The normalized spacial score (nSPS) is 17.6. The number of carbonyl (C=O) groups is 2. The molecule has 0 saturated carbocycles. The van der Waals surface area contributed by atoms with Gasteiger partial charge in [0, 0.05) is 43.2 Å². The van der Waals surface area contributed by atoms with Crippen molar-refractivity contribution in [1.82, 2.24) is 20.2 Å². The topological polar surface area (TPSA) is 105 Å². The molecule has 1 aliphatic rings. The number of amides is 1. The van der Waals surface area contributed by atoms with E-state index >= 15 is 0 Å². The number of carbonyl (C=O) groups excluding carboxylic acids is 1. The Labute approximate surface area is 150 Å². The van der Waals surface area contributed by atoms with E-state index < -0.39 is 12.6 Å². The van der Waals surface area contributed by atoms with Gasteiger partial charge in [-0.1, -0.05) is 0 Å². The van der Waals surface area contributed by atoms with Crippen LogP contribution >= 0.6 is 0 Å². The van der Waals surface area contributed by atoms with Crippen LogP contribution in [0.4, 0.5) is 0 Å². The molecule has 26 heavy (non-hydrogen) atoms. The zero-order valence-corrected chi connectivity index (χ0v) is 14.4. The minimum absolute atomic E-state index is 0.0215. The first-order valence-corrected chi connectivity index (χ1v) is 8.31. The Morgan fingerprint density at radius 2 is 2.15 bits per heavy atom. The number of ether oxygens (including phenoxy) is 1. The van der Waals surface area contributed by atoms with Crippen molar-refractivity contribution in [2.75, 3.05) is 19.7 Å². The molecule has 0 radical (unpaired) electrons. The molecule has 1 fully saturated rings. The maximum atomic E-state index is 11.9. The van der Waals surface area contributed by atoms with Gasteiger partial charge >= 0.3 is 5.97 Å². The average molecular weight is 356 g/mol. The summed E-state index contributed by atoms with van der Waals surface area (Å²) in [6.45, 7) is 3.16. The van der Waals surface area contributed by atoms with Crippen molar-refractivity contribution in [3.8, 4) is 17.1 Å². The first-order chi connectivity index (χ1) is 12.5. The largest absolute Gasteiger partial charge is 0.482 e. The third-order valence-electron chi connectivity index (χ3n) is 4.23. The number of benzene rings is 1. The lowest BCUT2D eigenvalue weighted by Gasteiger charge is -2.33. The molecule has 8 heteroatoms. The van der Waals surface area contributed by atoms with Crippen molar-refractivity contribution in [2.24, 2.45) is 0 Å². The van der Waals surface area contributed by atoms with Crippen LogP contribution in [-0.2, 0) is 16.1 Å². The molecule has 0 spiro atoms. The van der Waals surface area contributed by atoms with Crippen molar-refractivity contribution >= 4 is 11.9 Å². The van der Waals surface area contributed by atoms with Gasteiger partial charge in [-0.05, 0) is 31.2 Å². The highest BCUT2D eigenvalue weighted by Gasteiger charge is 2.26. The second kappa shape index (κ2) is 7.92. The Bertz CT molecular complexity index is 797. The number of aliphatic carboxylic acids is 1. The number of carboxylic acid groups (broad SMARTS) is 1. The third kappa shape index (κ3) is 4.15. The average Bonchev–Trinajstić information content (AvgIpc) is 2.65. The first-order valence-electron chi connectivity index (χ1n) is 8.31. The molecule has 2 N–H and O–H groups in total. The van der Waals surface area contributed by atoms with Crippen molar-refractivity contribution < 1.29 is 19.4 Å². The van der Waals surface area contributed by atoms with E-state index in [1.807, 2.05) is 17.9 Å². The number of nitrogens with one attached hydrogen (secondary N) is 1. The second-order valence-corrected chi connectivity index (χ2v) is 6.01. The molecule has 0 aliphatic carbocycles. The number of rotatable bonds is 6. The van der Waals surface area contributed by atoms with Crippen LogP contribution in [0.5, 0.6) is 5.75 Å². The zero-order chi connectivity index (χ0) is 18.5. The highest BCUT2D eigenvalue weighted by atomic mass is 16.5. The summed E-state index contributed by atoms with van der Waals surface area (Å²) in [6.07, 6.45) is 3.32. The van der Waals surface area contributed by atoms with Crippen molar-refractivity contribution in [1.29, 1.82) is 0 Å². The van der Waals surface area contributed by atoms with Crippen molar-refractivity contribution in [3.63, 3.8) is 0 Å². The van der Waals surface area contributed by atoms with Gasteiger partial charge in [0.1, 0.15) is 5.75 Å². The monoisotopic (exact) mass is 356 g/mol. The van der Waals surface area contributed by atoms with E-state index in [4.69, 9.17) is 9.84 Å². The first kappa shape index (κ1) is 17.8. The van der Waals surface area contributed by atoms with Gasteiger partial charge in [0.05, 0.1) is 6.04 Å². The number of nitrogens with zero attached hydrogens (tertiary/aromatic N) is 3. The molecule has 0 bridgehead atoms. The summed E-state index contributed by atoms with van der Waals surface area (Å²) in [5.74, 6) is -0.0165. The summed E-state index contributed by atoms with van der Waals surface area (Å²) >= 11 is 0. The highest BCUT2D eigenvalue weighted by Crippen LogP contribution is 2.27. The van der Waals surface area contributed by atoms with Crippen LogP contribution in [-0.4, -0.2) is 57.6 Å². The van der Waals surface area contributed by atoms with Crippen LogP contribution in [0.1, 0.15) is 12.5 Å². The van der Waals surface area contributed by atoms with Crippen LogP contribution < -0.4 is 10.1 Å². The number of carboxylic acids is 1. The Balaban J connectivity index is 1.90. The standard InChI is InChI=1S/C18H20N4O4/c1-12-18(25)21-7-8-22(12)10-14-9-13(17-19-5-2-6-20-17)3-4-15(14)26-11-16(23)24/h2-6,9,12H,7-8,10-11H2,1H3,(H,21,25)(H,23,24)/t12-/m1/s1. The number of hydrogen-bond donors (Lipinski definition) is 2. The lowest BCUT2D eigenvalue weighted by Crippen LogP contribution is -2.53. The fraction of sp³-hybridized carbons (Fsp3) is 0.333. The smallest absolute Gasteiger partial charge is 0.341 e. The lowest BCUT2D eigenvalue weighted by molar-refractivity contribution is -0.139. The molecule has 1 atom stereocenters. The molecule has 1 saturated heterocycles. The molecule has 1 aromatic carbocycles. The van der Waals surface area contributed by atoms with E-state index in [0.29, 0.717) is 31.2 Å². The van der Waals surface area contributed by atoms with Gasteiger partial charge < -0.3 is 15.2 Å². The van der Waals surface area contributed by atoms with E-state index in [1.165, 1.54) is 0 Å². The van der Waals surface area contributed by atoms with E-state index in [2.05, 4.69) is 15.3 Å². The van der Waals surface area contributed by atoms with Gasteiger partial charge in [-0.15, -0.1) is 0 Å². The maximum Gasteiger partial charge on any atom is 0.341 e. The number of aromatic nitrogens is 2. The van der Waals surface area contributed by atoms with E-state index in [-0.39, 0.29) is 11.9 Å². The van der Waals surface area contributed by atoms with Crippen LogP contribution in [0.15, 0.2) is 36.7 Å². The Kier molecular flexibility index (Phi) is 5.43. The molecule has 2 heterocycles. The van der Waals surface area contributed by atoms with Crippen molar-refractivity contribution in [2.45, 2.75) is 19.5 Å². The predicted molar refractivity (Wildman–Crippen MR) is 93.5 cm³/mol. The summed E-state index contributed by atoms with van der Waals surface area (Å²) < 4.78 is 5.43. The van der Waals surface area contributed by atoms with Crippen LogP contribution in [0.2, 0.25) is 0 Å². The Hall–Kier alpha value is -3.00. The van der Waals surface area contributed by atoms with E-state index in [9.17, 15) is 9.59 Å². The maximum absolute atomic E-state index is 11.9. The summed E-state index contributed by atoms with van der Waals surface area (Å²) in [5.41, 5.74) is 1.59. The van der Waals surface area contributed by atoms with Gasteiger partial charge in [0.25, 0.3) is 0 Å². The number of hydrogen-bond acceptors (Lipinski definition) is 6. The zero-order valence-electron chi connectivity index (χ0n) is 14.4. The minimum Gasteiger partial charge on any atom is -0.482 e. The summed E-state index contributed by atoms with van der Waals surface area (Å²) in [7, 11) is 0. The minimum atomic E-state index is -1.04. The highest BCUT2D eigenvalue weighted by molar-refractivity contribution is 5.82. The van der Waals surface area contributed by atoms with Gasteiger partial charge in [-0.25, -0.2) is 14.8 Å². The fourth-order valence-corrected chi connectivity index (χ4v) is 2.84. The molecular weight excluding hydrogens is 336 g/mol. The molecule has 8 nitrogen and oxygen atoms in total. The van der Waals surface area contributed by atoms with E-state index in [0.717, 1.165) is 11.1 Å². The van der Waals surface area contributed by atoms with Crippen LogP contribution in [0.3, 0.4) is 0 Å². The molecule has 0 unspecified atom stereocenters. The van der Waals surface area contributed by atoms with Gasteiger partial charge in [0.2, 0.25) is 5.91 Å². The molecule has 1 aromatic heterocycles. The van der Waals surface area contributed by atoms with Gasteiger partial charge in [-0.2, -0.15) is 0 Å². The molecule has 1 amide bonds. The Morgan fingerprint density at radius 1 is 1.38 bits per heavy atom. The summed E-state index contributed by atoms with van der Waals surface area (Å²) in [6, 6.07) is 6.86. The number of piperazine rings is 1. The molecule has 1 aliphatic heterocycles. The second-order valence-electron chi connectivity index (χ2n) is 6.01. The Morgan fingerprint density at radius 3 is 2.88 bits per heavy atom. The molecule has 3 rings (SSSR count). The third-order valence-corrected chi connectivity index (χ3v) is 4.23. The van der Waals surface area contributed by atoms with Gasteiger partial charge in [-0.3, -0.25) is 9.69 Å². The van der Waals surface area contributed by atoms with Crippen LogP contribution in [0.25, 0.3) is 11.4 Å². The molecular formula is C18H20N4O4. The molecule has 136 valence electrons. The summed E-state index contributed by atoms with van der Waals surface area (Å²) in [4.78, 5) is 33.3. The van der Waals surface area contributed by atoms with Crippen molar-refractivity contribution in [3.05, 3.63) is 42.2 Å². The van der Waals surface area contributed by atoms with E-state index in [1.54, 1.807) is 30.6 Å². The van der Waals surface area contributed by atoms with Gasteiger partial charge in [0.15, 0.2) is 12.4 Å². The predicted octanol–water partition coefficient (Wildman–Crippen LogP) is 0.927. The fourth-order valence-electron chi connectivity index (χ4n) is 2.84. The summed E-state index contributed by atoms with van der Waals surface area (Å²) in [5, 5.41) is 11.7. The van der Waals surface area contributed by atoms with Crippen LogP contribution in [0, 0.1) is 0 Å². The SMILES string of the molecule is C[C@@H]1C(=O)NCCN1Cc1cc(-c2ncccn2)ccc1OCC(=O)O. The quantitative estimate of drug-likeness (QED) is 0.793.